The van der Waals surface area contributed by atoms with Gasteiger partial charge in [-0.05, 0) is 53.8 Å². The monoisotopic (exact) mass is 447 g/mol. The summed E-state index contributed by atoms with van der Waals surface area (Å²) in [6.45, 7) is 5.38. The number of aryl methyl sites for hydroxylation is 1. The van der Waals surface area contributed by atoms with Gasteiger partial charge in [0, 0.05) is 37.5 Å². The number of nitro groups is 1. The van der Waals surface area contributed by atoms with Crippen molar-refractivity contribution in [2.24, 2.45) is 17.8 Å². The first-order valence-electron chi connectivity index (χ1n) is 10.2. The van der Waals surface area contributed by atoms with Gasteiger partial charge in [-0.25, -0.2) is 0 Å². The molecule has 4 heterocycles. The molecule has 3 saturated heterocycles. The van der Waals surface area contributed by atoms with Gasteiger partial charge in [0.05, 0.1) is 4.90 Å². The molecule has 3 aliphatic heterocycles. The van der Waals surface area contributed by atoms with Gasteiger partial charge >= 0.3 is 5.82 Å². The first-order chi connectivity index (χ1) is 14.7. The van der Waals surface area contributed by atoms with E-state index >= 15 is 0 Å². The molecule has 2 atom stereocenters. The molecule has 1 saturated carbocycles. The molecule has 166 valence electrons. The van der Waals surface area contributed by atoms with Gasteiger partial charge in [-0.15, -0.1) is 0 Å². The molecular weight excluding hydrogens is 422 g/mol. The highest BCUT2D eigenvalue weighted by atomic mass is 32.2. The number of nitrogens with zero attached hydrogens (tertiary/aromatic N) is 3. The highest BCUT2D eigenvalue weighted by molar-refractivity contribution is 7.85. The summed E-state index contributed by atoms with van der Waals surface area (Å²) < 4.78 is 35.7. The maximum absolute atomic E-state index is 10.6. The van der Waals surface area contributed by atoms with Crippen LogP contribution in [0.15, 0.2) is 47.5 Å². The second-order valence-electron chi connectivity index (χ2n) is 8.56. The van der Waals surface area contributed by atoms with Gasteiger partial charge in [-0.1, -0.05) is 17.7 Å². The van der Waals surface area contributed by atoms with E-state index in [-0.39, 0.29) is 16.8 Å². The predicted octanol–water partition coefficient (Wildman–Crippen LogP) is 2.95. The van der Waals surface area contributed by atoms with Crippen LogP contribution < -0.4 is 4.74 Å². The molecule has 0 radical (unpaired) electrons. The number of hydrogen-bond acceptors (Lipinski definition) is 7. The minimum absolute atomic E-state index is 0.0666. The lowest BCUT2D eigenvalue weighted by Gasteiger charge is -2.55. The molecule has 4 fully saturated rings. The summed E-state index contributed by atoms with van der Waals surface area (Å²) in [7, 11) is -4.02. The largest absolute Gasteiger partial charge is 0.486 e. The number of pyridine rings is 1. The first-order valence-corrected chi connectivity index (χ1v) is 11.7. The van der Waals surface area contributed by atoms with Crippen LogP contribution >= 0.6 is 0 Å². The zero-order valence-corrected chi connectivity index (χ0v) is 17.9. The highest BCUT2D eigenvalue weighted by Gasteiger charge is 2.48. The Morgan fingerprint density at radius 2 is 1.74 bits per heavy atom. The fourth-order valence-electron chi connectivity index (χ4n) is 4.97. The number of ether oxygens (including phenoxy) is 1. The lowest BCUT2D eigenvalue weighted by molar-refractivity contribution is -0.389. The van der Waals surface area contributed by atoms with E-state index in [0.29, 0.717) is 17.6 Å². The van der Waals surface area contributed by atoms with Crippen LogP contribution in [0, 0.1) is 34.8 Å². The predicted molar refractivity (Wildman–Crippen MR) is 112 cm³/mol. The minimum Gasteiger partial charge on any atom is -0.486 e. The van der Waals surface area contributed by atoms with E-state index < -0.39 is 15.0 Å². The van der Waals surface area contributed by atoms with Crippen LogP contribution in [-0.2, 0) is 10.1 Å². The van der Waals surface area contributed by atoms with Crippen molar-refractivity contribution in [3.63, 3.8) is 0 Å². The zero-order valence-electron chi connectivity index (χ0n) is 17.1. The summed E-state index contributed by atoms with van der Waals surface area (Å²) in [5.74, 6) is 2.59. The summed E-state index contributed by atoms with van der Waals surface area (Å²) in [5, 5.41) is 10.6. The smallest absolute Gasteiger partial charge is 0.363 e. The Morgan fingerprint density at radius 3 is 2.23 bits per heavy atom. The summed E-state index contributed by atoms with van der Waals surface area (Å²) in [6, 6.07) is 9.06. The van der Waals surface area contributed by atoms with Gasteiger partial charge in [0.2, 0.25) is 0 Å². The Hall–Kier alpha value is -2.56. The number of aromatic nitrogens is 1. The van der Waals surface area contributed by atoms with Gasteiger partial charge in [-0.2, -0.15) is 8.42 Å². The number of piperidine rings is 3. The molecule has 1 N–H and O–H groups in total. The molecule has 1 aromatic carbocycles. The fourth-order valence-corrected chi connectivity index (χ4v) is 5.45. The van der Waals surface area contributed by atoms with Gasteiger partial charge in [0.1, 0.15) is 6.10 Å². The Morgan fingerprint density at radius 1 is 1.10 bits per heavy atom. The van der Waals surface area contributed by atoms with E-state index in [1.54, 1.807) is 18.2 Å². The zero-order chi connectivity index (χ0) is 22.2. The third-order valence-corrected chi connectivity index (χ3v) is 7.07. The van der Waals surface area contributed by atoms with Crippen LogP contribution in [0.3, 0.4) is 0 Å². The number of benzene rings is 1. The van der Waals surface area contributed by atoms with E-state index in [1.165, 1.54) is 43.8 Å². The first kappa shape index (κ1) is 21.7. The quantitative estimate of drug-likeness (QED) is 0.431. The summed E-state index contributed by atoms with van der Waals surface area (Å²) in [5.41, 5.74) is 0.956. The van der Waals surface area contributed by atoms with Crippen molar-refractivity contribution in [3.8, 4) is 5.75 Å². The van der Waals surface area contributed by atoms with Gasteiger partial charge in [0.15, 0.2) is 11.9 Å². The van der Waals surface area contributed by atoms with Crippen LogP contribution in [0.4, 0.5) is 5.82 Å². The van der Waals surface area contributed by atoms with Gasteiger partial charge in [-0.3, -0.25) is 4.55 Å². The second-order valence-corrected chi connectivity index (χ2v) is 9.98. The Labute approximate surface area is 181 Å². The molecule has 1 aromatic heterocycles. The van der Waals surface area contributed by atoms with Gasteiger partial charge < -0.3 is 19.8 Å². The van der Waals surface area contributed by atoms with Crippen molar-refractivity contribution in [1.29, 1.82) is 0 Å². The molecule has 9 nitrogen and oxygen atoms in total. The fraction of sp³-hybridized carbons (Fsp3) is 0.476. The lowest BCUT2D eigenvalue weighted by Crippen LogP contribution is -2.61. The molecule has 4 bridgehead atoms. The summed E-state index contributed by atoms with van der Waals surface area (Å²) in [6.07, 6.45) is 4.26. The minimum atomic E-state index is -4.02. The SMILES string of the molecule is Cc1ccc(S(=O)(=O)O)cc1.O=[N+]([O-])c1ccc(OC2C3CC4CC2CN(C4)C3)cn1. The molecule has 2 aromatic rings. The number of hydrogen-bond donors (Lipinski definition) is 1. The normalized spacial score (nSPS) is 28.5. The van der Waals surface area contributed by atoms with E-state index in [9.17, 15) is 18.5 Å². The van der Waals surface area contributed by atoms with Crippen LogP contribution in [0.5, 0.6) is 5.75 Å². The Balaban J connectivity index is 0.000000180. The average Bonchev–Trinajstić information content (AvgIpc) is 2.71. The van der Waals surface area contributed by atoms with E-state index in [4.69, 9.17) is 9.29 Å². The van der Waals surface area contributed by atoms with Crippen LogP contribution in [-0.4, -0.2) is 53.5 Å². The molecule has 31 heavy (non-hydrogen) atoms. The van der Waals surface area contributed by atoms with Crippen LogP contribution in [0.2, 0.25) is 0 Å². The highest BCUT2D eigenvalue weighted by Crippen LogP contribution is 2.44. The average molecular weight is 448 g/mol. The number of rotatable bonds is 4. The summed E-state index contributed by atoms with van der Waals surface area (Å²) >= 11 is 0. The van der Waals surface area contributed by atoms with E-state index in [2.05, 4.69) is 9.88 Å². The van der Waals surface area contributed by atoms with E-state index in [1.807, 2.05) is 6.92 Å². The van der Waals surface area contributed by atoms with Crippen LogP contribution in [0.1, 0.15) is 18.4 Å². The molecule has 4 aliphatic rings. The molecule has 2 unspecified atom stereocenters. The Kier molecular flexibility index (Phi) is 5.96. The maximum atomic E-state index is 10.6. The van der Waals surface area contributed by atoms with Crippen LogP contribution in [0.25, 0.3) is 0 Å². The molecule has 6 rings (SSSR count). The van der Waals surface area contributed by atoms with E-state index in [0.717, 1.165) is 24.6 Å². The van der Waals surface area contributed by atoms with Crippen molar-refractivity contribution in [2.45, 2.75) is 30.8 Å². The third-order valence-electron chi connectivity index (χ3n) is 6.20. The van der Waals surface area contributed by atoms with Crippen molar-refractivity contribution >= 4 is 15.9 Å². The van der Waals surface area contributed by atoms with Crippen molar-refractivity contribution < 1.29 is 22.6 Å². The van der Waals surface area contributed by atoms with Gasteiger partial charge in [0.25, 0.3) is 10.1 Å². The third kappa shape index (κ3) is 5.03. The Bertz CT molecular complexity index is 1010. The molecule has 0 amide bonds. The lowest BCUT2D eigenvalue weighted by atomic mass is 9.66. The second kappa shape index (κ2) is 8.52. The maximum Gasteiger partial charge on any atom is 0.363 e. The molecule has 10 heteroatoms. The van der Waals surface area contributed by atoms with Crippen molar-refractivity contribution in [2.75, 3.05) is 19.6 Å². The topological polar surface area (TPSA) is 123 Å². The summed E-state index contributed by atoms with van der Waals surface area (Å²) in [4.78, 5) is 16.4. The van der Waals surface area contributed by atoms with Crippen molar-refractivity contribution in [3.05, 3.63) is 58.3 Å². The molecular formula is C21H25N3O6S. The standard InChI is InChI=1S/C14H17N3O3.C7H8O3S/c18-17(19)13-2-1-12(5-15-13)20-14-10-3-9-4-11(14)8-16(6-9)7-10;1-6-2-4-7(5-3-6)11(8,9)10/h1-2,5,9-11,14H,3-4,6-8H2;2-5H,1H3,(H,8,9,10). The molecule has 1 aliphatic carbocycles. The molecule has 0 spiro atoms. The van der Waals surface area contributed by atoms with Crippen molar-refractivity contribution in [1.82, 2.24) is 9.88 Å².